The van der Waals surface area contributed by atoms with Crippen molar-refractivity contribution in [2.75, 3.05) is 6.61 Å². The maximum atomic E-state index is 12.1. The number of urea groups is 1. The van der Waals surface area contributed by atoms with Crippen molar-refractivity contribution in [3.8, 4) is 0 Å². The first-order valence-corrected chi connectivity index (χ1v) is 7.62. The molecule has 0 aromatic rings. The molecule has 5 unspecified atom stereocenters. The van der Waals surface area contributed by atoms with Crippen LogP contribution in [0.4, 0.5) is 4.79 Å². The minimum Gasteiger partial charge on any atom is -0.396 e. The Hall–Kier alpha value is -1.03. The summed E-state index contributed by atoms with van der Waals surface area (Å²) in [6.07, 6.45) is 11.1. The van der Waals surface area contributed by atoms with Gasteiger partial charge in [-0.1, -0.05) is 12.2 Å². The van der Waals surface area contributed by atoms with Crippen LogP contribution >= 0.6 is 0 Å². The van der Waals surface area contributed by atoms with Crippen LogP contribution in [0.25, 0.3) is 0 Å². The molecule has 0 heterocycles. The second-order valence-electron chi connectivity index (χ2n) is 6.29. The molecule has 19 heavy (non-hydrogen) atoms. The zero-order chi connectivity index (χ0) is 13.2. The Morgan fingerprint density at radius 2 is 2.05 bits per heavy atom. The smallest absolute Gasteiger partial charge is 0.315 e. The van der Waals surface area contributed by atoms with Gasteiger partial charge in [0.1, 0.15) is 0 Å². The molecule has 106 valence electrons. The highest BCUT2D eigenvalue weighted by atomic mass is 16.3. The van der Waals surface area contributed by atoms with E-state index in [9.17, 15) is 9.90 Å². The molecule has 3 N–H and O–H groups in total. The molecule has 3 aliphatic rings. The van der Waals surface area contributed by atoms with Gasteiger partial charge < -0.3 is 15.7 Å². The molecule has 3 rings (SSSR count). The number of fused-ring (bicyclic) bond motifs is 2. The Bertz CT molecular complexity index is 369. The van der Waals surface area contributed by atoms with Gasteiger partial charge in [-0.2, -0.15) is 0 Å². The summed E-state index contributed by atoms with van der Waals surface area (Å²) in [7, 11) is 0. The predicted octanol–water partition coefficient (Wildman–Crippen LogP) is 1.80. The molecule has 4 nitrogen and oxygen atoms in total. The van der Waals surface area contributed by atoms with Crippen molar-refractivity contribution in [3.05, 3.63) is 12.2 Å². The number of hydrogen-bond acceptors (Lipinski definition) is 2. The average molecular weight is 264 g/mol. The van der Waals surface area contributed by atoms with Crippen LogP contribution in [0, 0.1) is 17.8 Å². The first-order chi connectivity index (χ1) is 9.28. The summed E-state index contributed by atoms with van der Waals surface area (Å²) in [4.78, 5) is 12.1. The minimum atomic E-state index is -0.0625. The monoisotopic (exact) mass is 264 g/mol. The number of rotatable bonds is 3. The second kappa shape index (κ2) is 5.53. The van der Waals surface area contributed by atoms with Crippen LogP contribution in [0.1, 0.15) is 38.5 Å². The third-order valence-electron chi connectivity index (χ3n) is 5.17. The normalized spacial score (nSPS) is 40.4. The summed E-state index contributed by atoms with van der Waals surface area (Å²) in [5.74, 6) is 1.47. The average Bonchev–Trinajstić information content (AvgIpc) is 3.00. The van der Waals surface area contributed by atoms with E-state index in [0.717, 1.165) is 19.3 Å². The largest absolute Gasteiger partial charge is 0.396 e. The lowest BCUT2D eigenvalue weighted by Gasteiger charge is -2.31. The van der Waals surface area contributed by atoms with Gasteiger partial charge in [0.25, 0.3) is 0 Å². The molecule has 2 saturated carbocycles. The van der Waals surface area contributed by atoms with E-state index >= 15 is 0 Å². The Kier molecular flexibility index (Phi) is 3.78. The number of aliphatic hydroxyl groups is 1. The van der Waals surface area contributed by atoms with Crippen molar-refractivity contribution in [3.63, 3.8) is 0 Å². The molecule has 2 amide bonds. The van der Waals surface area contributed by atoms with Crippen molar-refractivity contribution < 1.29 is 9.90 Å². The Morgan fingerprint density at radius 1 is 1.21 bits per heavy atom. The summed E-state index contributed by atoms with van der Waals surface area (Å²) in [5, 5.41) is 15.7. The molecule has 0 aromatic carbocycles. The van der Waals surface area contributed by atoms with Gasteiger partial charge in [0, 0.05) is 24.6 Å². The summed E-state index contributed by atoms with van der Waals surface area (Å²) >= 11 is 0. The van der Waals surface area contributed by atoms with Crippen LogP contribution in [0.15, 0.2) is 12.2 Å². The van der Waals surface area contributed by atoms with Crippen molar-refractivity contribution in [1.82, 2.24) is 10.6 Å². The number of nitrogens with one attached hydrogen (secondary N) is 2. The molecule has 0 saturated heterocycles. The second-order valence-corrected chi connectivity index (χ2v) is 6.29. The van der Waals surface area contributed by atoms with E-state index < -0.39 is 0 Å². The van der Waals surface area contributed by atoms with E-state index in [0.29, 0.717) is 11.8 Å². The third-order valence-corrected chi connectivity index (χ3v) is 5.17. The fourth-order valence-electron chi connectivity index (χ4n) is 4.19. The van der Waals surface area contributed by atoms with E-state index in [4.69, 9.17) is 0 Å². The molecular weight excluding hydrogens is 240 g/mol. The fourth-order valence-corrected chi connectivity index (χ4v) is 4.19. The Labute approximate surface area is 114 Å². The fraction of sp³-hybridized carbons (Fsp3) is 0.800. The first kappa shape index (κ1) is 13.0. The highest BCUT2D eigenvalue weighted by molar-refractivity contribution is 5.75. The van der Waals surface area contributed by atoms with Gasteiger partial charge in [-0.3, -0.25) is 0 Å². The molecule has 4 heteroatoms. The first-order valence-electron chi connectivity index (χ1n) is 7.62. The van der Waals surface area contributed by atoms with Gasteiger partial charge in [-0.05, 0) is 50.4 Å². The third kappa shape index (κ3) is 2.64. The van der Waals surface area contributed by atoms with Gasteiger partial charge in [-0.15, -0.1) is 0 Å². The van der Waals surface area contributed by atoms with Gasteiger partial charge in [0.15, 0.2) is 0 Å². The van der Waals surface area contributed by atoms with Crippen LogP contribution in [-0.4, -0.2) is 29.8 Å². The predicted molar refractivity (Wildman–Crippen MR) is 73.6 cm³/mol. The minimum absolute atomic E-state index is 0.0625. The molecule has 3 aliphatic carbocycles. The number of allylic oxidation sites excluding steroid dienone is 1. The van der Waals surface area contributed by atoms with E-state index in [2.05, 4.69) is 22.8 Å². The molecule has 2 fully saturated rings. The molecule has 5 atom stereocenters. The standard InChI is InChI=1S/C15H24N2O2/c18-9-13-10-6-7-11(8-10)14(13)17-15(19)16-12-4-2-1-3-5-12/h2,4,10-14,18H,1,3,5-9H2,(H2,16,17,19). The molecule has 0 aromatic heterocycles. The van der Waals surface area contributed by atoms with Gasteiger partial charge in [-0.25, -0.2) is 4.79 Å². The van der Waals surface area contributed by atoms with Crippen LogP contribution in [0.2, 0.25) is 0 Å². The summed E-state index contributed by atoms with van der Waals surface area (Å²) < 4.78 is 0. The zero-order valence-corrected chi connectivity index (χ0v) is 11.3. The number of carbonyl (C=O) groups excluding carboxylic acids is 1. The topological polar surface area (TPSA) is 61.4 Å². The maximum absolute atomic E-state index is 12.1. The lowest BCUT2D eigenvalue weighted by atomic mass is 9.85. The van der Waals surface area contributed by atoms with E-state index in [1.165, 1.54) is 19.3 Å². The van der Waals surface area contributed by atoms with Gasteiger partial charge >= 0.3 is 6.03 Å². The maximum Gasteiger partial charge on any atom is 0.315 e. The van der Waals surface area contributed by atoms with Gasteiger partial charge in [0.05, 0.1) is 0 Å². The lowest BCUT2D eigenvalue weighted by Crippen LogP contribution is -2.51. The van der Waals surface area contributed by atoms with Gasteiger partial charge in [0.2, 0.25) is 0 Å². The van der Waals surface area contributed by atoms with E-state index in [1.807, 2.05) is 0 Å². The summed E-state index contributed by atoms with van der Waals surface area (Å²) in [5.41, 5.74) is 0. The number of aliphatic hydroxyl groups excluding tert-OH is 1. The highest BCUT2D eigenvalue weighted by Crippen LogP contribution is 2.48. The summed E-state index contributed by atoms with van der Waals surface area (Å²) in [6.45, 7) is 0.204. The van der Waals surface area contributed by atoms with E-state index in [-0.39, 0.29) is 30.6 Å². The Balaban J connectivity index is 1.54. The van der Waals surface area contributed by atoms with Crippen molar-refractivity contribution in [2.24, 2.45) is 17.8 Å². The zero-order valence-electron chi connectivity index (χ0n) is 11.3. The number of hydrogen-bond donors (Lipinski definition) is 3. The van der Waals surface area contributed by atoms with Crippen molar-refractivity contribution in [1.29, 1.82) is 0 Å². The number of carbonyl (C=O) groups is 1. The summed E-state index contributed by atoms with van der Waals surface area (Å²) in [6, 6.07) is 0.295. The SMILES string of the molecule is O=C(NC1C=CCCC1)NC1C2CCC(C2)C1CO. The van der Waals surface area contributed by atoms with Crippen LogP contribution in [-0.2, 0) is 0 Å². The van der Waals surface area contributed by atoms with Crippen LogP contribution < -0.4 is 10.6 Å². The lowest BCUT2D eigenvalue weighted by molar-refractivity contribution is 0.144. The molecule has 0 spiro atoms. The number of amides is 2. The highest BCUT2D eigenvalue weighted by Gasteiger charge is 2.47. The van der Waals surface area contributed by atoms with Crippen molar-refractivity contribution >= 4 is 6.03 Å². The van der Waals surface area contributed by atoms with E-state index in [1.54, 1.807) is 0 Å². The Morgan fingerprint density at radius 3 is 2.79 bits per heavy atom. The van der Waals surface area contributed by atoms with Crippen LogP contribution in [0.3, 0.4) is 0 Å². The molecular formula is C15H24N2O2. The molecule has 0 aliphatic heterocycles. The van der Waals surface area contributed by atoms with Crippen molar-refractivity contribution in [2.45, 2.75) is 50.6 Å². The molecule has 0 radical (unpaired) electrons. The molecule has 2 bridgehead atoms. The van der Waals surface area contributed by atoms with Crippen LogP contribution in [0.5, 0.6) is 0 Å². The quantitative estimate of drug-likeness (QED) is 0.681.